The molecule has 1 heterocycles. The third kappa shape index (κ3) is 3.28. The Morgan fingerprint density at radius 3 is 2.53 bits per heavy atom. The van der Waals surface area contributed by atoms with Gasteiger partial charge in [0.15, 0.2) is 0 Å². The van der Waals surface area contributed by atoms with Crippen LogP contribution in [0.5, 0.6) is 0 Å². The van der Waals surface area contributed by atoms with Crippen molar-refractivity contribution in [2.75, 3.05) is 6.54 Å². The van der Waals surface area contributed by atoms with Gasteiger partial charge in [0.1, 0.15) is 0 Å². The number of hydrogen-bond donors (Lipinski definition) is 2. The van der Waals surface area contributed by atoms with Gasteiger partial charge in [-0.25, -0.2) is 13.1 Å². The second kappa shape index (κ2) is 5.16. The molecule has 0 aromatic heterocycles. The SMILES string of the molecule is CC1CCC(NS(=O)(=O)c2ccccc2)CN1. The number of hydrogen-bond acceptors (Lipinski definition) is 3. The Morgan fingerprint density at radius 1 is 1.24 bits per heavy atom. The minimum absolute atomic E-state index is 0.00333. The van der Waals surface area contributed by atoms with E-state index < -0.39 is 10.0 Å². The average Bonchev–Trinajstić information content (AvgIpc) is 2.33. The first kappa shape index (κ1) is 12.5. The van der Waals surface area contributed by atoms with Crippen molar-refractivity contribution in [3.8, 4) is 0 Å². The minimum atomic E-state index is -3.37. The molecule has 1 aromatic carbocycles. The van der Waals surface area contributed by atoms with Gasteiger partial charge in [0.05, 0.1) is 4.90 Å². The normalized spacial score (nSPS) is 25.7. The average molecular weight is 254 g/mol. The lowest BCUT2D eigenvalue weighted by Crippen LogP contribution is -2.48. The highest BCUT2D eigenvalue weighted by molar-refractivity contribution is 7.89. The molecule has 2 atom stereocenters. The Hall–Kier alpha value is -0.910. The van der Waals surface area contributed by atoms with Crippen LogP contribution in [0.25, 0.3) is 0 Å². The lowest BCUT2D eigenvalue weighted by atomic mass is 10.0. The highest BCUT2D eigenvalue weighted by Gasteiger charge is 2.23. The molecule has 0 aliphatic carbocycles. The second-order valence-electron chi connectivity index (χ2n) is 4.52. The van der Waals surface area contributed by atoms with Gasteiger partial charge < -0.3 is 5.32 Å². The van der Waals surface area contributed by atoms with Gasteiger partial charge in [-0.3, -0.25) is 0 Å². The third-order valence-electron chi connectivity index (χ3n) is 3.04. The number of sulfonamides is 1. The van der Waals surface area contributed by atoms with Crippen molar-refractivity contribution >= 4 is 10.0 Å². The molecular weight excluding hydrogens is 236 g/mol. The quantitative estimate of drug-likeness (QED) is 0.849. The van der Waals surface area contributed by atoms with Gasteiger partial charge in [-0.15, -0.1) is 0 Å². The van der Waals surface area contributed by atoms with Crippen molar-refractivity contribution in [2.45, 2.75) is 36.7 Å². The van der Waals surface area contributed by atoms with E-state index in [1.54, 1.807) is 24.3 Å². The summed E-state index contributed by atoms with van der Waals surface area (Å²) in [5, 5.41) is 3.28. The molecule has 1 fully saturated rings. The van der Waals surface area contributed by atoms with Crippen molar-refractivity contribution in [1.82, 2.24) is 10.0 Å². The van der Waals surface area contributed by atoms with Crippen molar-refractivity contribution < 1.29 is 8.42 Å². The summed E-state index contributed by atoms with van der Waals surface area (Å²) >= 11 is 0. The topological polar surface area (TPSA) is 58.2 Å². The molecule has 1 aromatic rings. The molecule has 94 valence electrons. The lowest BCUT2D eigenvalue weighted by molar-refractivity contribution is 0.366. The monoisotopic (exact) mass is 254 g/mol. The zero-order valence-electron chi connectivity index (χ0n) is 9.89. The van der Waals surface area contributed by atoms with E-state index in [0.29, 0.717) is 17.5 Å². The largest absolute Gasteiger partial charge is 0.313 e. The zero-order chi connectivity index (χ0) is 12.3. The van der Waals surface area contributed by atoms with Crippen molar-refractivity contribution in [2.24, 2.45) is 0 Å². The minimum Gasteiger partial charge on any atom is -0.313 e. The molecule has 0 amide bonds. The predicted molar refractivity (Wildman–Crippen MR) is 67.3 cm³/mol. The van der Waals surface area contributed by atoms with Crippen LogP contribution in [0.2, 0.25) is 0 Å². The predicted octanol–water partition coefficient (Wildman–Crippen LogP) is 1.11. The molecule has 2 unspecified atom stereocenters. The molecule has 4 nitrogen and oxygen atoms in total. The van der Waals surface area contributed by atoms with Crippen LogP contribution in [-0.4, -0.2) is 27.0 Å². The van der Waals surface area contributed by atoms with Crippen LogP contribution in [0.3, 0.4) is 0 Å². The smallest absolute Gasteiger partial charge is 0.240 e. The number of nitrogens with one attached hydrogen (secondary N) is 2. The van der Waals surface area contributed by atoms with Crippen LogP contribution in [0.4, 0.5) is 0 Å². The van der Waals surface area contributed by atoms with Gasteiger partial charge in [0.2, 0.25) is 10.0 Å². The molecule has 2 N–H and O–H groups in total. The fourth-order valence-electron chi connectivity index (χ4n) is 1.99. The first-order valence-electron chi connectivity index (χ1n) is 5.89. The summed E-state index contributed by atoms with van der Waals surface area (Å²) in [6.07, 6.45) is 1.89. The maximum absolute atomic E-state index is 12.0. The molecule has 1 aliphatic rings. The molecule has 0 spiro atoms. The maximum atomic E-state index is 12.0. The summed E-state index contributed by atoms with van der Waals surface area (Å²) in [4.78, 5) is 0.332. The Bertz CT molecular complexity index is 451. The van der Waals surface area contributed by atoms with E-state index >= 15 is 0 Å². The molecule has 1 aliphatic heterocycles. The molecule has 1 saturated heterocycles. The van der Waals surface area contributed by atoms with E-state index in [4.69, 9.17) is 0 Å². The second-order valence-corrected chi connectivity index (χ2v) is 6.23. The van der Waals surface area contributed by atoms with Crippen LogP contribution in [0.1, 0.15) is 19.8 Å². The van der Waals surface area contributed by atoms with Gasteiger partial charge in [-0.1, -0.05) is 18.2 Å². The molecular formula is C12H18N2O2S. The van der Waals surface area contributed by atoms with E-state index in [9.17, 15) is 8.42 Å². The molecule has 0 bridgehead atoms. The highest BCUT2D eigenvalue weighted by Crippen LogP contribution is 2.12. The Kier molecular flexibility index (Phi) is 3.81. The maximum Gasteiger partial charge on any atom is 0.240 e. The number of rotatable bonds is 3. The molecule has 5 heteroatoms. The first-order chi connectivity index (χ1) is 8.08. The van der Waals surface area contributed by atoms with E-state index in [1.165, 1.54) is 0 Å². The molecule has 0 radical (unpaired) electrons. The zero-order valence-corrected chi connectivity index (χ0v) is 10.7. The van der Waals surface area contributed by atoms with Crippen LogP contribution in [0.15, 0.2) is 35.2 Å². The molecule has 17 heavy (non-hydrogen) atoms. The van der Waals surface area contributed by atoms with E-state index in [0.717, 1.165) is 12.8 Å². The third-order valence-corrected chi connectivity index (χ3v) is 4.57. The number of benzene rings is 1. The van der Waals surface area contributed by atoms with E-state index in [2.05, 4.69) is 17.0 Å². The number of piperidine rings is 1. The lowest BCUT2D eigenvalue weighted by Gasteiger charge is -2.28. The first-order valence-corrected chi connectivity index (χ1v) is 7.37. The standard InChI is InChI=1S/C12H18N2O2S/c1-10-7-8-11(9-13-10)14-17(15,16)12-5-3-2-4-6-12/h2-6,10-11,13-14H,7-9H2,1H3. The van der Waals surface area contributed by atoms with Gasteiger partial charge in [-0.05, 0) is 31.9 Å². The van der Waals surface area contributed by atoms with Crippen LogP contribution < -0.4 is 10.0 Å². The van der Waals surface area contributed by atoms with Crippen molar-refractivity contribution in [3.63, 3.8) is 0 Å². The summed E-state index contributed by atoms with van der Waals surface area (Å²) in [6, 6.07) is 8.97. The summed E-state index contributed by atoms with van der Waals surface area (Å²) < 4.78 is 26.8. The van der Waals surface area contributed by atoms with Crippen molar-refractivity contribution in [1.29, 1.82) is 0 Å². The van der Waals surface area contributed by atoms with Gasteiger partial charge in [0.25, 0.3) is 0 Å². The van der Waals surface area contributed by atoms with Crippen LogP contribution >= 0.6 is 0 Å². The van der Waals surface area contributed by atoms with Gasteiger partial charge in [0, 0.05) is 18.6 Å². The molecule has 0 saturated carbocycles. The summed E-state index contributed by atoms with van der Waals surface area (Å²) in [5.41, 5.74) is 0. The van der Waals surface area contributed by atoms with Crippen molar-refractivity contribution in [3.05, 3.63) is 30.3 Å². The molecule has 2 rings (SSSR count). The van der Waals surface area contributed by atoms with Crippen LogP contribution in [-0.2, 0) is 10.0 Å². The summed E-state index contributed by atoms with van der Waals surface area (Å²) in [6.45, 7) is 2.81. The fraction of sp³-hybridized carbons (Fsp3) is 0.500. The van der Waals surface area contributed by atoms with E-state index in [1.807, 2.05) is 6.07 Å². The Balaban J connectivity index is 2.03. The van der Waals surface area contributed by atoms with Gasteiger partial charge in [-0.2, -0.15) is 0 Å². The summed E-state index contributed by atoms with van der Waals surface area (Å²) in [5.74, 6) is 0. The Morgan fingerprint density at radius 2 is 1.94 bits per heavy atom. The van der Waals surface area contributed by atoms with Gasteiger partial charge >= 0.3 is 0 Å². The Labute approximate surface area is 102 Å². The summed E-state index contributed by atoms with van der Waals surface area (Å²) in [7, 11) is -3.37. The highest BCUT2D eigenvalue weighted by atomic mass is 32.2. The fourth-order valence-corrected chi connectivity index (χ4v) is 3.28. The van der Waals surface area contributed by atoms with Crippen LogP contribution in [0, 0.1) is 0 Å². The van der Waals surface area contributed by atoms with E-state index in [-0.39, 0.29) is 6.04 Å².